The monoisotopic (exact) mass is 495 g/mol. The summed E-state index contributed by atoms with van der Waals surface area (Å²) in [6, 6.07) is 9.09. The van der Waals surface area contributed by atoms with Crippen LogP contribution in [-0.4, -0.2) is 37.3 Å². The van der Waals surface area contributed by atoms with Gasteiger partial charge in [-0.3, -0.25) is 9.36 Å². The van der Waals surface area contributed by atoms with Crippen LogP contribution < -0.4 is 5.56 Å². The molecule has 0 fully saturated rings. The van der Waals surface area contributed by atoms with Crippen LogP contribution in [-0.2, 0) is 9.84 Å². The first-order chi connectivity index (χ1) is 15.8. The first-order valence-electron chi connectivity index (χ1n) is 11.5. The van der Waals surface area contributed by atoms with Crippen LogP contribution in [0.4, 0.5) is 0 Å². The molecule has 34 heavy (non-hydrogen) atoms. The van der Waals surface area contributed by atoms with Crippen molar-refractivity contribution in [2.45, 2.75) is 70.2 Å². The smallest absolute Gasteiger partial charge is 0.260 e. The van der Waals surface area contributed by atoms with Crippen molar-refractivity contribution in [3.63, 3.8) is 0 Å². The van der Waals surface area contributed by atoms with Gasteiger partial charge in [-0.05, 0) is 35.7 Å². The van der Waals surface area contributed by atoms with Gasteiger partial charge >= 0.3 is 0 Å². The van der Waals surface area contributed by atoms with Gasteiger partial charge in [0.25, 0.3) is 5.56 Å². The van der Waals surface area contributed by atoms with Crippen molar-refractivity contribution in [1.29, 1.82) is 0 Å². The van der Waals surface area contributed by atoms with Gasteiger partial charge in [0.1, 0.15) is 8.07 Å². The number of sulfone groups is 1. The molecule has 0 aliphatic heterocycles. The molecule has 0 atom stereocenters. The molecule has 8 heteroatoms. The summed E-state index contributed by atoms with van der Waals surface area (Å²) in [5.41, 5.74) is 6.63. The number of para-hydroxylation sites is 1. The molecule has 0 saturated heterocycles. The van der Waals surface area contributed by atoms with Crippen LogP contribution in [0, 0.1) is 18.4 Å². The van der Waals surface area contributed by atoms with Crippen molar-refractivity contribution in [2.24, 2.45) is 0 Å². The minimum absolute atomic E-state index is 0.243. The lowest BCUT2D eigenvalue weighted by molar-refractivity contribution is 0.593. The maximum Gasteiger partial charge on any atom is 0.260 e. The highest BCUT2D eigenvalue weighted by Crippen LogP contribution is 2.41. The zero-order valence-electron chi connectivity index (χ0n) is 21.2. The van der Waals surface area contributed by atoms with Crippen LogP contribution in [0.25, 0.3) is 16.7 Å². The Morgan fingerprint density at radius 1 is 0.971 bits per heavy atom. The number of fused-ring (bicyclic) bond motifs is 1. The van der Waals surface area contributed by atoms with Gasteiger partial charge in [-0.25, -0.2) is 13.4 Å². The van der Waals surface area contributed by atoms with E-state index in [4.69, 9.17) is 0 Å². The Bertz CT molecular complexity index is 1430. The molecule has 3 aromatic rings. The Hall–Kier alpha value is -2.76. The minimum Gasteiger partial charge on any atom is -0.269 e. The third kappa shape index (κ3) is 4.47. The standard InChI is InChI=1S/C26H33N3O3SSi/c1-17(2)34(18(3)4,19(5)6)15-14-22-20(7)25(30)29(21-12-10-9-11-13-21)24-23(22)16-27-26(28-24)33(8,31)32/h9-13,16-19H,1-8H3. The topological polar surface area (TPSA) is 81.9 Å². The first-order valence-corrected chi connectivity index (χ1v) is 15.7. The number of nitrogens with zero attached hydrogens (tertiary/aromatic N) is 3. The Morgan fingerprint density at radius 2 is 1.53 bits per heavy atom. The normalized spacial score (nSPS) is 12.4. The van der Waals surface area contributed by atoms with Crippen molar-refractivity contribution < 1.29 is 8.42 Å². The molecule has 0 saturated carbocycles. The number of hydrogen-bond acceptors (Lipinski definition) is 5. The van der Waals surface area contributed by atoms with E-state index in [2.05, 4.69) is 63.0 Å². The predicted molar refractivity (Wildman–Crippen MR) is 141 cm³/mol. The van der Waals surface area contributed by atoms with E-state index < -0.39 is 17.9 Å². The lowest BCUT2D eigenvalue weighted by Crippen LogP contribution is -2.43. The second-order valence-electron chi connectivity index (χ2n) is 9.79. The summed E-state index contributed by atoms with van der Waals surface area (Å²) < 4.78 is 25.9. The Kier molecular flexibility index (Phi) is 7.20. The Balaban J connectivity index is 2.47. The highest BCUT2D eigenvalue weighted by atomic mass is 32.2. The maximum atomic E-state index is 13.6. The lowest BCUT2D eigenvalue weighted by Gasteiger charge is -2.38. The SMILES string of the molecule is Cc1c(C#C[Si](C(C)C)(C(C)C)C(C)C)c2cnc(S(C)(=O)=O)nc2n(-c2ccccc2)c1=O. The first kappa shape index (κ1) is 25.9. The van der Waals surface area contributed by atoms with E-state index in [0.717, 1.165) is 6.26 Å². The van der Waals surface area contributed by atoms with E-state index in [9.17, 15) is 13.2 Å². The number of aromatic nitrogens is 3. The van der Waals surface area contributed by atoms with E-state index >= 15 is 0 Å². The van der Waals surface area contributed by atoms with Crippen molar-refractivity contribution >= 4 is 28.9 Å². The number of hydrogen-bond donors (Lipinski definition) is 0. The van der Waals surface area contributed by atoms with E-state index in [1.165, 1.54) is 10.8 Å². The van der Waals surface area contributed by atoms with Gasteiger partial charge in [0, 0.05) is 23.6 Å². The van der Waals surface area contributed by atoms with Gasteiger partial charge < -0.3 is 0 Å². The molecule has 180 valence electrons. The van der Waals surface area contributed by atoms with E-state index in [1.54, 1.807) is 19.1 Å². The van der Waals surface area contributed by atoms with E-state index in [1.807, 2.05) is 18.2 Å². The van der Waals surface area contributed by atoms with E-state index in [-0.39, 0.29) is 16.4 Å². The molecule has 0 amide bonds. The highest BCUT2D eigenvalue weighted by molar-refractivity contribution is 7.90. The Morgan fingerprint density at radius 3 is 2.03 bits per heavy atom. The highest BCUT2D eigenvalue weighted by Gasteiger charge is 2.41. The number of benzene rings is 1. The third-order valence-electron chi connectivity index (χ3n) is 6.74. The van der Waals surface area contributed by atoms with Gasteiger partial charge in [-0.2, -0.15) is 4.98 Å². The average molecular weight is 496 g/mol. The summed E-state index contributed by atoms with van der Waals surface area (Å²) in [5, 5.41) is 0.252. The molecule has 0 N–H and O–H groups in total. The second kappa shape index (κ2) is 9.47. The largest absolute Gasteiger partial charge is 0.269 e. The molecule has 3 rings (SSSR count). The van der Waals surface area contributed by atoms with Gasteiger partial charge in [0.2, 0.25) is 15.0 Å². The van der Waals surface area contributed by atoms with Gasteiger partial charge in [-0.15, -0.1) is 5.54 Å². The predicted octanol–water partition coefficient (Wildman–Crippen LogP) is 5.06. The summed E-state index contributed by atoms with van der Waals surface area (Å²) in [5.74, 6) is 3.39. The van der Waals surface area contributed by atoms with Gasteiger partial charge in [0.05, 0.1) is 11.1 Å². The summed E-state index contributed by atoms with van der Waals surface area (Å²) >= 11 is 0. The molecule has 2 heterocycles. The third-order valence-corrected chi connectivity index (χ3v) is 13.9. The fourth-order valence-electron chi connectivity index (χ4n) is 5.04. The fourth-order valence-corrected chi connectivity index (χ4v) is 10.7. The van der Waals surface area contributed by atoms with Gasteiger partial charge in [0.15, 0.2) is 5.65 Å². The van der Waals surface area contributed by atoms with Crippen LogP contribution >= 0.6 is 0 Å². The molecular formula is C26H33N3O3SSi. The number of pyridine rings is 1. The zero-order valence-corrected chi connectivity index (χ0v) is 23.0. The molecule has 6 nitrogen and oxygen atoms in total. The van der Waals surface area contributed by atoms with Crippen LogP contribution in [0.5, 0.6) is 0 Å². The molecule has 2 aromatic heterocycles. The zero-order chi connectivity index (χ0) is 25.4. The van der Waals surface area contributed by atoms with Gasteiger partial charge in [-0.1, -0.05) is 65.7 Å². The molecule has 0 spiro atoms. The quantitative estimate of drug-likeness (QED) is 0.281. The number of rotatable bonds is 5. The summed E-state index contributed by atoms with van der Waals surface area (Å²) in [7, 11) is -5.73. The van der Waals surface area contributed by atoms with Crippen molar-refractivity contribution in [3.8, 4) is 17.2 Å². The van der Waals surface area contributed by atoms with Crippen LogP contribution in [0.15, 0.2) is 46.5 Å². The molecule has 0 radical (unpaired) electrons. The van der Waals surface area contributed by atoms with Crippen LogP contribution in [0.1, 0.15) is 52.7 Å². The summed E-state index contributed by atoms with van der Waals surface area (Å²) in [4.78, 5) is 22.1. The maximum absolute atomic E-state index is 13.6. The lowest BCUT2D eigenvalue weighted by atomic mass is 10.1. The van der Waals surface area contributed by atoms with Crippen molar-refractivity contribution in [2.75, 3.05) is 6.26 Å². The summed E-state index contributed by atoms with van der Waals surface area (Å²) in [6.45, 7) is 15.2. The second-order valence-corrected chi connectivity index (χ2v) is 17.3. The average Bonchev–Trinajstić information content (AvgIpc) is 2.75. The summed E-state index contributed by atoms with van der Waals surface area (Å²) in [6.07, 6.45) is 2.54. The fraction of sp³-hybridized carbons (Fsp3) is 0.423. The Labute approximate surface area is 203 Å². The molecular weight excluding hydrogens is 462 g/mol. The molecule has 0 unspecified atom stereocenters. The van der Waals surface area contributed by atoms with Crippen molar-refractivity contribution in [3.05, 3.63) is 58.0 Å². The molecule has 0 aliphatic rings. The van der Waals surface area contributed by atoms with Crippen LogP contribution in [0.3, 0.4) is 0 Å². The minimum atomic E-state index is -3.67. The molecule has 1 aromatic carbocycles. The van der Waals surface area contributed by atoms with E-state index in [0.29, 0.717) is 38.8 Å². The van der Waals surface area contributed by atoms with Crippen molar-refractivity contribution in [1.82, 2.24) is 14.5 Å². The van der Waals surface area contributed by atoms with Crippen LogP contribution in [0.2, 0.25) is 16.6 Å². The molecule has 0 bridgehead atoms. The molecule has 0 aliphatic carbocycles.